The Balaban J connectivity index is 1.82. The van der Waals surface area contributed by atoms with Gasteiger partial charge in [-0.2, -0.15) is 0 Å². The Morgan fingerprint density at radius 3 is 1.56 bits per heavy atom. The highest BCUT2D eigenvalue weighted by molar-refractivity contribution is 6.26. The smallest absolute Gasteiger partial charge is 0.157 e. The summed E-state index contributed by atoms with van der Waals surface area (Å²) >= 11 is 0. The lowest BCUT2D eigenvalue weighted by atomic mass is 10.1. The lowest BCUT2D eigenvalue weighted by molar-refractivity contribution is 1.16. The monoisotopic (exact) mass is 355 g/mol. The minimum absolute atomic E-state index is 0.721. The molecule has 5 nitrogen and oxygen atoms in total. The van der Waals surface area contributed by atoms with E-state index in [1.54, 1.807) is 12.4 Å². The standard InChI is InChI=1S/C22H21N5/c1-13-9-11-23-19(15(13)3)25-21-17-7-5-6-8-18(17)22(27-21)26-20-16(4)14(2)10-12-24-20/h5-12H,1-4H3,(H,23,24,25,26,27). The van der Waals surface area contributed by atoms with Gasteiger partial charge >= 0.3 is 0 Å². The summed E-state index contributed by atoms with van der Waals surface area (Å²) in [5.41, 5.74) is 6.53. The van der Waals surface area contributed by atoms with Crippen molar-refractivity contribution < 1.29 is 0 Å². The Kier molecular flexibility index (Phi) is 4.28. The number of rotatable bonds is 2. The third-order valence-corrected chi connectivity index (χ3v) is 5.01. The Morgan fingerprint density at radius 2 is 1.11 bits per heavy atom. The van der Waals surface area contributed by atoms with Crippen molar-refractivity contribution in [1.82, 2.24) is 15.3 Å². The van der Waals surface area contributed by atoms with Crippen LogP contribution in [0.5, 0.6) is 0 Å². The molecule has 5 heteroatoms. The van der Waals surface area contributed by atoms with Gasteiger partial charge < -0.3 is 5.32 Å². The molecule has 134 valence electrons. The third kappa shape index (κ3) is 3.12. The molecule has 0 spiro atoms. The number of hydrogen-bond acceptors (Lipinski definition) is 4. The first-order valence-corrected chi connectivity index (χ1v) is 8.93. The second-order valence-corrected chi connectivity index (χ2v) is 6.74. The Hall–Kier alpha value is -3.34. The molecule has 0 radical (unpaired) electrons. The van der Waals surface area contributed by atoms with Gasteiger partial charge in [0, 0.05) is 23.5 Å². The molecule has 0 atom stereocenters. The maximum absolute atomic E-state index is 4.78. The zero-order valence-electron chi connectivity index (χ0n) is 15.9. The van der Waals surface area contributed by atoms with Crippen LogP contribution in [0, 0.1) is 27.7 Å². The fourth-order valence-electron chi connectivity index (χ4n) is 2.99. The van der Waals surface area contributed by atoms with Crippen LogP contribution in [0.3, 0.4) is 0 Å². The van der Waals surface area contributed by atoms with Gasteiger partial charge in [0.25, 0.3) is 0 Å². The second-order valence-electron chi connectivity index (χ2n) is 6.74. The Labute approximate surface area is 159 Å². The Bertz CT molecular complexity index is 1010. The van der Waals surface area contributed by atoms with E-state index < -0.39 is 0 Å². The number of aromatic nitrogens is 2. The molecule has 0 unspecified atom stereocenters. The van der Waals surface area contributed by atoms with Gasteiger partial charge in [0.2, 0.25) is 0 Å². The third-order valence-electron chi connectivity index (χ3n) is 5.01. The maximum Gasteiger partial charge on any atom is 0.157 e. The highest BCUT2D eigenvalue weighted by atomic mass is 15.1. The van der Waals surface area contributed by atoms with Crippen LogP contribution in [0.15, 0.2) is 58.8 Å². The van der Waals surface area contributed by atoms with Crippen molar-refractivity contribution in [3.63, 3.8) is 0 Å². The number of benzene rings is 1. The molecule has 27 heavy (non-hydrogen) atoms. The van der Waals surface area contributed by atoms with Crippen molar-refractivity contribution in [2.45, 2.75) is 27.7 Å². The minimum Gasteiger partial charge on any atom is -0.324 e. The molecule has 4 rings (SSSR count). The number of nitrogens with zero attached hydrogens (tertiary/aromatic N) is 4. The first-order chi connectivity index (χ1) is 13.0. The van der Waals surface area contributed by atoms with Gasteiger partial charge in [0.15, 0.2) is 11.6 Å². The van der Waals surface area contributed by atoms with Gasteiger partial charge in [-0.1, -0.05) is 24.3 Å². The summed E-state index contributed by atoms with van der Waals surface area (Å²) in [6.07, 6.45) is 3.58. The van der Waals surface area contributed by atoms with E-state index in [0.29, 0.717) is 0 Å². The Morgan fingerprint density at radius 1 is 0.667 bits per heavy atom. The van der Waals surface area contributed by atoms with E-state index in [1.165, 1.54) is 11.1 Å². The first kappa shape index (κ1) is 17.1. The minimum atomic E-state index is 0.721. The molecule has 0 saturated heterocycles. The van der Waals surface area contributed by atoms with Crippen LogP contribution >= 0.6 is 0 Å². The van der Waals surface area contributed by atoms with Gasteiger partial charge in [-0.25, -0.2) is 20.0 Å². The number of fused-ring (bicyclic) bond motifs is 1. The number of aliphatic imine (C=N–C) groups is 2. The molecule has 2 aromatic heterocycles. The van der Waals surface area contributed by atoms with Crippen molar-refractivity contribution in [2.24, 2.45) is 9.98 Å². The molecule has 0 fully saturated rings. The molecule has 3 aromatic rings. The maximum atomic E-state index is 4.78. The van der Waals surface area contributed by atoms with E-state index in [0.717, 1.165) is 45.6 Å². The molecule has 1 aromatic carbocycles. The molecule has 1 aliphatic heterocycles. The number of aryl methyl sites for hydroxylation is 2. The van der Waals surface area contributed by atoms with Crippen molar-refractivity contribution in [1.29, 1.82) is 0 Å². The predicted octanol–water partition coefficient (Wildman–Crippen LogP) is 4.47. The molecule has 0 aliphatic carbocycles. The average molecular weight is 355 g/mol. The topological polar surface area (TPSA) is 62.5 Å². The van der Waals surface area contributed by atoms with Crippen LogP contribution in [0.25, 0.3) is 0 Å². The highest BCUT2D eigenvalue weighted by Crippen LogP contribution is 2.25. The summed E-state index contributed by atoms with van der Waals surface area (Å²) < 4.78 is 0. The summed E-state index contributed by atoms with van der Waals surface area (Å²) in [5.74, 6) is 2.96. The SMILES string of the molecule is Cc1ccnc(N=C2NC(=Nc3nccc(C)c3C)c3ccccc32)c1C. The largest absolute Gasteiger partial charge is 0.324 e. The van der Waals surface area contributed by atoms with E-state index in [4.69, 9.17) is 9.98 Å². The van der Waals surface area contributed by atoms with Crippen molar-refractivity contribution in [3.8, 4) is 0 Å². The average Bonchev–Trinajstić information content (AvgIpc) is 3.01. The fourth-order valence-corrected chi connectivity index (χ4v) is 2.99. The lowest BCUT2D eigenvalue weighted by Crippen LogP contribution is -2.22. The van der Waals surface area contributed by atoms with Gasteiger partial charge in [0.05, 0.1) is 0 Å². The highest BCUT2D eigenvalue weighted by Gasteiger charge is 2.24. The normalized spacial score (nSPS) is 15.9. The molecular formula is C22H21N5. The summed E-state index contributed by atoms with van der Waals surface area (Å²) in [4.78, 5) is 18.4. The summed E-state index contributed by atoms with van der Waals surface area (Å²) in [5, 5.41) is 3.37. The van der Waals surface area contributed by atoms with Crippen LogP contribution in [0.2, 0.25) is 0 Å². The van der Waals surface area contributed by atoms with Gasteiger partial charge in [-0.3, -0.25) is 0 Å². The predicted molar refractivity (Wildman–Crippen MR) is 109 cm³/mol. The summed E-state index contributed by atoms with van der Waals surface area (Å²) in [6, 6.07) is 12.1. The molecular weight excluding hydrogens is 334 g/mol. The molecule has 1 N–H and O–H groups in total. The number of amidine groups is 2. The van der Waals surface area contributed by atoms with E-state index in [1.807, 2.05) is 50.2 Å². The number of hydrogen-bond donors (Lipinski definition) is 1. The quantitative estimate of drug-likeness (QED) is 0.738. The molecule has 0 bridgehead atoms. The first-order valence-electron chi connectivity index (χ1n) is 8.93. The summed E-state index contributed by atoms with van der Waals surface area (Å²) in [6.45, 7) is 8.21. The molecule has 0 amide bonds. The van der Waals surface area contributed by atoms with Crippen LogP contribution in [0.1, 0.15) is 33.4 Å². The van der Waals surface area contributed by atoms with E-state index >= 15 is 0 Å². The van der Waals surface area contributed by atoms with Crippen LogP contribution < -0.4 is 5.32 Å². The molecule has 1 aliphatic rings. The number of nitrogens with one attached hydrogen (secondary N) is 1. The van der Waals surface area contributed by atoms with E-state index in [9.17, 15) is 0 Å². The number of pyridine rings is 2. The van der Waals surface area contributed by atoms with Gasteiger partial charge in [0.1, 0.15) is 11.7 Å². The van der Waals surface area contributed by atoms with Crippen LogP contribution in [-0.4, -0.2) is 21.6 Å². The zero-order valence-corrected chi connectivity index (χ0v) is 15.9. The van der Waals surface area contributed by atoms with Crippen molar-refractivity contribution in [2.75, 3.05) is 0 Å². The van der Waals surface area contributed by atoms with Gasteiger partial charge in [-0.15, -0.1) is 0 Å². The lowest BCUT2D eigenvalue weighted by Gasteiger charge is -2.05. The van der Waals surface area contributed by atoms with Crippen molar-refractivity contribution in [3.05, 3.63) is 82.2 Å². The fraction of sp³-hybridized carbons (Fsp3) is 0.182. The summed E-state index contributed by atoms with van der Waals surface area (Å²) in [7, 11) is 0. The molecule has 3 heterocycles. The van der Waals surface area contributed by atoms with E-state index in [2.05, 4.69) is 29.1 Å². The van der Waals surface area contributed by atoms with Crippen LogP contribution in [0.4, 0.5) is 11.6 Å². The van der Waals surface area contributed by atoms with Crippen LogP contribution in [-0.2, 0) is 0 Å². The van der Waals surface area contributed by atoms with Gasteiger partial charge in [-0.05, 0) is 62.1 Å². The van der Waals surface area contributed by atoms with E-state index in [-0.39, 0.29) is 0 Å². The molecule has 0 saturated carbocycles. The zero-order chi connectivity index (χ0) is 19.0. The van der Waals surface area contributed by atoms with Crippen molar-refractivity contribution >= 4 is 23.3 Å². The second kappa shape index (κ2) is 6.76.